The summed E-state index contributed by atoms with van der Waals surface area (Å²) in [6, 6.07) is 3.06. The second-order valence-electron chi connectivity index (χ2n) is 7.85. The molecule has 1 aliphatic heterocycles. The summed E-state index contributed by atoms with van der Waals surface area (Å²) in [5, 5.41) is 11.5. The third-order valence-corrected chi connectivity index (χ3v) is 6.69. The van der Waals surface area contributed by atoms with Gasteiger partial charge in [0, 0.05) is 6.07 Å². The Bertz CT molecular complexity index is 854. The molecular formula is C19H18N2O4. The lowest BCUT2D eigenvalue weighted by atomic mass is 9.63. The summed E-state index contributed by atoms with van der Waals surface area (Å²) in [5.41, 5.74) is 1.56. The number of carbonyl (C=O) groups excluding carboxylic acids is 2. The average Bonchev–Trinajstić information content (AvgIpc) is 3.34. The summed E-state index contributed by atoms with van der Waals surface area (Å²) in [6.07, 6.45) is 5.30. The van der Waals surface area contributed by atoms with Gasteiger partial charge in [0.2, 0.25) is 11.8 Å². The van der Waals surface area contributed by atoms with Crippen molar-refractivity contribution >= 4 is 23.2 Å². The van der Waals surface area contributed by atoms with E-state index in [2.05, 4.69) is 12.2 Å². The van der Waals surface area contributed by atoms with Crippen LogP contribution in [0.2, 0.25) is 0 Å². The summed E-state index contributed by atoms with van der Waals surface area (Å²) < 4.78 is 0. The van der Waals surface area contributed by atoms with Crippen LogP contribution in [-0.4, -0.2) is 16.7 Å². The number of imide groups is 1. The van der Waals surface area contributed by atoms with Gasteiger partial charge in [-0.1, -0.05) is 12.2 Å². The largest absolute Gasteiger partial charge is 0.293 e. The molecule has 25 heavy (non-hydrogen) atoms. The van der Waals surface area contributed by atoms with Gasteiger partial charge in [0.15, 0.2) is 0 Å². The minimum atomic E-state index is -0.505. The van der Waals surface area contributed by atoms with Crippen LogP contribution in [0.5, 0.6) is 0 Å². The van der Waals surface area contributed by atoms with E-state index in [0.29, 0.717) is 11.8 Å². The van der Waals surface area contributed by atoms with Crippen LogP contribution in [-0.2, 0) is 9.59 Å². The molecule has 6 nitrogen and oxygen atoms in total. The molecule has 1 heterocycles. The zero-order chi connectivity index (χ0) is 17.6. The van der Waals surface area contributed by atoms with E-state index in [0.717, 1.165) is 22.4 Å². The van der Waals surface area contributed by atoms with E-state index in [9.17, 15) is 19.7 Å². The van der Waals surface area contributed by atoms with Gasteiger partial charge in [-0.2, -0.15) is 0 Å². The zero-order valence-corrected chi connectivity index (χ0v) is 14.0. The highest BCUT2D eigenvalue weighted by Crippen LogP contribution is 2.65. The lowest BCUT2D eigenvalue weighted by Gasteiger charge is -2.37. The minimum absolute atomic E-state index is 0.118. The van der Waals surface area contributed by atoms with Crippen LogP contribution in [0.4, 0.5) is 11.4 Å². The molecule has 4 aliphatic carbocycles. The molecular weight excluding hydrogens is 320 g/mol. The molecule has 0 unspecified atom stereocenters. The van der Waals surface area contributed by atoms with E-state index < -0.39 is 4.92 Å². The van der Waals surface area contributed by atoms with Crippen molar-refractivity contribution in [3.8, 4) is 0 Å². The van der Waals surface area contributed by atoms with Crippen LogP contribution >= 0.6 is 0 Å². The van der Waals surface area contributed by atoms with E-state index >= 15 is 0 Å². The molecule has 0 aromatic heterocycles. The van der Waals surface area contributed by atoms with Crippen molar-refractivity contribution in [1.82, 2.24) is 0 Å². The molecule has 2 bridgehead atoms. The summed E-state index contributed by atoms with van der Waals surface area (Å²) in [7, 11) is 0. The number of amides is 2. The molecule has 0 spiro atoms. The molecule has 3 fully saturated rings. The normalized spacial score (nSPS) is 37.3. The quantitative estimate of drug-likeness (QED) is 0.359. The number of carbonyl (C=O) groups is 2. The summed E-state index contributed by atoms with van der Waals surface area (Å²) in [5.74, 6) is 0.0708. The smallest absolute Gasteiger partial charge is 0.274 e. The monoisotopic (exact) mass is 338 g/mol. The van der Waals surface area contributed by atoms with Gasteiger partial charge in [-0.3, -0.25) is 19.7 Å². The van der Waals surface area contributed by atoms with E-state index in [1.807, 2.05) is 6.92 Å². The maximum Gasteiger partial charge on any atom is 0.293 e. The Labute approximate surface area is 144 Å². The molecule has 6 atom stereocenters. The fourth-order valence-electron chi connectivity index (χ4n) is 5.31. The van der Waals surface area contributed by atoms with Gasteiger partial charge in [-0.25, -0.2) is 4.90 Å². The van der Waals surface area contributed by atoms with Crippen LogP contribution in [0.15, 0.2) is 24.3 Å². The summed E-state index contributed by atoms with van der Waals surface area (Å²) >= 11 is 0. The Hall–Kier alpha value is -2.50. The maximum absolute atomic E-state index is 13.1. The van der Waals surface area contributed by atoms with Gasteiger partial charge in [-0.15, -0.1) is 0 Å². The molecule has 5 aliphatic rings. The highest BCUT2D eigenvalue weighted by molar-refractivity contribution is 6.23. The zero-order valence-electron chi connectivity index (χ0n) is 14.0. The third-order valence-electron chi connectivity index (χ3n) is 6.69. The van der Waals surface area contributed by atoms with E-state index in [4.69, 9.17) is 0 Å². The van der Waals surface area contributed by atoms with Crippen LogP contribution in [0, 0.1) is 59.5 Å². The maximum atomic E-state index is 13.1. The van der Waals surface area contributed by atoms with Gasteiger partial charge in [0.05, 0.1) is 16.8 Å². The number of allylic oxidation sites excluding steroid dienone is 2. The van der Waals surface area contributed by atoms with Crippen LogP contribution in [0.3, 0.4) is 0 Å². The molecule has 0 radical (unpaired) electrons. The molecule has 6 heteroatoms. The van der Waals surface area contributed by atoms with Gasteiger partial charge >= 0.3 is 0 Å². The third kappa shape index (κ3) is 1.74. The first kappa shape index (κ1) is 14.8. The molecule has 1 aromatic carbocycles. The molecule has 2 saturated carbocycles. The van der Waals surface area contributed by atoms with Crippen LogP contribution in [0.1, 0.15) is 17.5 Å². The Kier molecular flexibility index (Phi) is 2.70. The van der Waals surface area contributed by atoms with E-state index in [-0.39, 0.29) is 46.9 Å². The van der Waals surface area contributed by atoms with Crippen molar-refractivity contribution in [1.29, 1.82) is 0 Å². The van der Waals surface area contributed by atoms with Gasteiger partial charge in [-0.05, 0) is 61.1 Å². The van der Waals surface area contributed by atoms with Gasteiger partial charge < -0.3 is 0 Å². The van der Waals surface area contributed by atoms with Crippen molar-refractivity contribution in [2.24, 2.45) is 35.5 Å². The average molecular weight is 338 g/mol. The topological polar surface area (TPSA) is 80.5 Å². The molecule has 1 aromatic rings. The first-order valence-electron chi connectivity index (χ1n) is 8.72. The standard InChI is InChI=1S/C19H18N2O4/c1-8-5-14(15(21(24)25)6-9(8)2)20-18(22)16-10-3-4-11(13-7-12(10)13)17(16)19(20)23/h3-6,10-13,16-17H,7H2,1-2H3/t10-,11-,12-,13+,16-,17-/m1/s1. The van der Waals surface area contributed by atoms with Crippen molar-refractivity contribution in [2.45, 2.75) is 20.3 Å². The SMILES string of the molecule is Cc1cc(N2C(=O)[C@@H]3[C@@H]4C=C[C@H]([C@@H]5C[C@H]45)[C@H]3C2=O)c([N+](=O)[O-])cc1C. The highest BCUT2D eigenvalue weighted by atomic mass is 16.6. The second kappa shape index (κ2) is 4.56. The number of hydrogen-bond acceptors (Lipinski definition) is 4. The molecule has 128 valence electrons. The Morgan fingerprint density at radius 3 is 2.04 bits per heavy atom. The highest BCUT2D eigenvalue weighted by Gasteiger charge is 2.67. The van der Waals surface area contributed by atoms with Crippen molar-refractivity contribution in [2.75, 3.05) is 4.90 Å². The number of nitrogens with zero attached hydrogens (tertiary/aromatic N) is 2. The predicted molar refractivity (Wildman–Crippen MR) is 89.8 cm³/mol. The number of anilines is 1. The Balaban J connectivity index is 1.63. The van der Waals surface area contributed by atoms with Crippen molar-refractivity contribution in [3.63, 3.8) is 0 Å². The minimum Gasteiger partial charge on any atom is -0.274 e. The van der Waals surface area contributed by atoms with E-state index in [1.165, 1.54) is 6.07 Å². The first-order valence-corrected chi connectivity index (χ1v) is 8.72. The summed E-state index contributed by atoms with van der Waals surface area (Å²) in [4.78, 5) is 38.4. The Morgan fingerprint density at radius 1 is 1.00 bits per heavy atom. The van der Waals surface area contributed by atoms with Crippen molar-refractivity contribution < 1.29 is 14.5 Å². The molecule has 2 amide bonds. The number of benzene rings is 1. The first-order chi connectivity index (χ1) is 11.9. The fourth-order valence-corrected chi connectivity index (χ4v) is 5.31. The number of hydrogen-bond donors (Lipinski definition) is 0. The lowest BCUT2D eigenvalue weighted by Crippen LogP contribution is -2.40. The summed E-state index contributed by atoms with van der Waals surface area (Å²) in [6.45, 7) is 3.62. The van der Waals surface area contributed by atoms with Crippen LogP contribution < -0.4 is 4.90 Å². The Morgan fingerprint density at radius 2 is 1.52 bits per heavy atom. The number of nitro benzene ring substituents is 1. The van der Waals surface area contributed by atoms with Crippen molar-refractivity contribution in [3.05, 3.63) is 45.5 Å². The fraction of sp³-hybridized carbons (Fsp3) is 0.474. The molecule has 0 N–H and O–H groups in total. The van der Waals surface area contributed by atoms with E-state index in [1.54, 1.807) is 13.0 Å². The number of aryl methyl sites for hydroxylation is 2. The van der Waals surface area contributed by atoms with Crippen LogP contribution in [0.25, 0.3) is 0 Å². The number of nitro groups is 1. The lowest BCUT2D eigenvalue weighted by molar-refractivity contribution is -0.384. The molecule has 1 saturated heterocycles. The number of rotatable bonds is 2. The van der Waals surface area contributed by atoms with Gasteiger partial charge in [0.25, 0.3) is 5.69 Å². The predicted octanol–water partition coefficient (Wildman–Crippen LogP) is 2.77. The van der Waals surface area contributed by atoms with Gasteiger partial charge in [0.1, 0.15) is 5.69 Å². The molecule has 6 rings (SSSR count). The second-order valence-corrected chi connectivity index (χ2v) is 7.85.